The van der Waals surface area contributed by atoms with Gasteiger partial charge in [0.05, 0.1) is 12.5 Å². The highest BCUT2D eigenvalue weighted by Crippen LogP contribution is 2.33. The molecule has 5 nitrogen and oxygen atoms in total. The lowest BCUT2D eigenvalue weighted by Crippen LogP contribution is -2.40. The molecule has 0 aliphatic carbocycles. The predicted octanol–water partition coefficient (Wildman–Crippen LogP) is 0.389. The summed E-state index contributed by atoms with van der Waals surface area (Å²) in [4.78, 5) is 12.8. The fourth-order valence-electron chi connectivity index (χ4n) is 2.55. The van der Waals surface area contributed by atoms with E-state index < -0.39 is 12.1 Å². The molecule has 3 N–H and O–H groups in total. The number of nitrogens with one attached hydrogen (secondary N) is 1. The van der Waals surface area contributed by atoms with Crippen molar-refractivity contribution >= 4 is 5.97 Å². The summed E-state index contributed by atoms with van der Waals surface area (Å²) in [6.07, 6.45) is 0.215. The molecule has 5 heteroatoms. The molecule has 0 saturated carbocycles. The fourth-order valence-corrected chi connectivity index (χ4v) is 2.55. The molecule has 2 atom stereocenters. The van der Waals surface area contributed by atoms with E-state index in [4.69, 9.17) is 5.11 Å². The Balaban J connectivity index is 2.26. The standard InChI is InChI=1S/C13H26N2O3/c1-13(2,10-4-5-15(3)8-10)9-14-7-11(16)6-12(17)18/h10-11,14,16H,4-9H2,1-3H3,(H,17,18). The molecule has 1 heterocycles. The second kappa shape index (κ2) is 6.50. The van der Waals surface area contributed by atoms with Crippen molar-refractivity contribution < 1.29 is 15.0 Å². The number of aliphatic hydroxyl groups excluding tert-OH is 1. The maximum absolute atomic E-state index is 10.4. The number of likely N-dealkylation sites (tertiary alicyclic amines) is 1. The van der Waals surface area contributed by atoms with Crippen LogP contribution < -0.4 is 5.32 Å². The third kappa shape index (κ3) is 4.92. The van der Waals surface area contributed by atoms with Crippen LogP contribution in [-0.4, -0.2) is 60.4 Å². The first-order valence-corrected chi connectivity index (χ1v) is 6.60. The maximum atomic E-state index is 10.4. The third-order valence-corrected chi connectivity index (χ3v) is 3.87. The van der Waals surface area contributed by atoms with Gasteiger partial charge < -0.3 is 20.4 Å². The van der Waals surface area contributed by atoms with Gasteiger partial charge in [-0.15, -0.1) is 0 Å². The molecule has 2 unspecified atom stereocenters. The van der Waals surface area contributed by atoms with Crippen LogP contribution in [0, 0.1) is 11.3 Å². The lowest BCUT2D eigenvalue weighted by Gasteiger charge is -2.32. The maximum Gasteiger partial charge on any atom is 0.306 e. The van der Waals surface area contributed by atoms with E-state index in [2.05, 4.69) is 31.1 Å². The lowest BCUT2D eigenvalue weighted by atomic mass is 9.78. The van der Waals surface area contributed by atoms with Gasteiger partial charge in [-0.3, -0.25) is 4.79 Å². The van der Waals surface area contributed by atoms with Crippen LogP contribution in [0.25, 0.3) is 0 Å². The van der Waals surface area contributed by atoms with Crippen molar-refractivity contribution in [3.05, 3.63) is 0 Å². The summed E-state index contributed by atoms with van der Waals surface area (Å²) in [5, 5.41) is 21.2. The Morgan fingerprint density at radius 2 is 2.22 bits per heavy atom. The van der Waals surface area contributed by atoms with Gasteiger partial charge in [-0.1, -0.05) is 13.8 Å². The minimum absolute atomic E-state index is 0.174. The normalized spacial score (nSPS) is 23.2. The molecule has 106 valence electrons. The molecule has 0 radical (unpaired) electrons. The zero-order valence-corrected chi connectivity index (χ0v) is 11.6. The number of aliphatic hydroxyl groups is 1. The highest BCUT2D eigenvalue weighted by molar-refractivity contribution is 5.67. The van der Waals surface area contributed by atoms with E-state index >= 15 is 0 Å². The molecule has 1 saturated heterocycles. The van der Waals surface area contributed by atoms with Crippen LogP contribution >= 0.6 is 0 Å². The molecule has 1 aliphatic rings. The van der Waals surface area contributed by atoms with Gasteiger partial charge in [-0.05, 0) is 31.3 Å². The summed E-state index contributed by atoms with van der Waals surface area (Å²) in [7, 11) is 2.14. The Labute approximate surface area is 109 Å². The summed E-state index contributed by atoms with van der Waals surface area (Å²) in [5.41, 5.74) is 0.174. The quantitative estimate of drug-likeness (QED) is 0.616. The molecule has 1 rings (SSSR count). The van der Waals surface area contributed by atoms with Crippen molar-refractivity contribution in [1.29, 1.82) is 0 Å². The van der Waals surface area contributed by atoms with Gasteiger partial charge >= 0.3 is 5.97 Å². The van der Waals surface area contributed by atoms with Crippen molar-refractivity contribution in [2.45, 2.75) is 32.8 Å². The minimum atomic E-state index is -0.957. The average Bonchev–Trinajstić information content (AvgIpc) is 2.64. The highest BCUT2D eigenvalue weighted by Gasteiger charge is 2.33. The largest absolute Gasteiger partial charge is 0.481 e. The number of carboxylic acid groups (broad SMARTS) is 1. The van der Waals surface area contributed by atoms with Crippen LogP contribution in [0.15, 0.2) is 0 Å². The van der Waals surface area contributed by atoms with Gasteiger partial charge in [0.2, 0.25) is 0 Å². The van der Waals surface area contributed by atoms with Crippen molar-refractivity contribution in [3.63, 3.8) is 0 Å². The molecule has 0 bridgehead atoms. The topological polar surface area (TPSA) is 72.8 Å². The lowest BCUT2D eigenvalue weighted by molar-refractivity contribution is -0.139. The van der Waals surface area contributed by atoms with Gasteiger partial charge in [-0.25, -0.2) is 0 Å². The second-order valence-electron chi connectivity index (χ2n) is 6.12. The molecule has 18 heavy (non-hydrogen) atoms. The van der Waals surface area contributed by atoms with Crippen molar-refractivity contribution in [2.24, 2.45) is 11.3 Å². The first-order chi connectivity index (χ1) is 8.31. The van der Waals surface area contributed by atoms with Gasteiger partial charge in [0.1, 0.15) is 0 Å². The summed E-state index contributed by atoms with van der Waals surface area (Å²) >= 11 is 0. The average molecular weight is 258 g/mol. The molecule has 0 aromatic heterocycles. The van der Waals surface area contributed by atoms with E-state index in [0.29, 0.717) is 12.5 Å². The van der Waals surface area contributed by atoms with E-state index in [1.165, 1.54) is 6.42 Å². The predicted molar refractivity (Wildman–Crippen MR) is 70.5 cm³/mol. The number of hydrogen-bond donors (Lipinski definition) is 3. The zero-order chi connectivity index (χ0) is 13.8. The first-order valence-electron chi connectivity index (χ1n) is 6.60. The number of carbonyl (C=O) groups is 1. The third-order valence-electron chi connectivity index (χ3n) is 3.87. The van der Waals surface area contributed by atoms with Crippen LogP contribution in [-0.2, 0) is 4.79 Å². The van der Waals surface area contributed by atoms with Crippen molar-refractivity contribution in [2.75, 3.05) is 33.2 Å². The van der Waals surface area contributed by atoms with Gasteiger partial charge in [0.15, 0.2) is 0 Å². The molecule has 0 spiro atoms. The van der Waals surface area contributed by atoms with Crippen LogP contribution in [0.1, 0.15) is 26.7 Å². The Morgan fingerprint density at radius 3 is 2.72 bits per heavy atom. The number of hydrogen-bond acceptors (Lipinski definition) is 4. The van der Waals surface area contributed by atoms with E-state index in [-0.39, 0.29) is 11.8 Å². The molecule has 0 amide bonds. The van der Waals surface area contributed by atoms with Crippen LogP contribution in [0.2, 0.25) is 0 Å². The smallest absolute Gasteiger partial charge is 0.306 e. The molecule has 1 aliphatic heterocycles. The number of rotatable bonds is 7. The zero-order valence-electron chi connectivity index (χ0n) is 11.6. The first kappa shape index (κ1) is 15.4. The molecule has 1 fully saturated rings. The summed E-state index contributed by atoms with van der Waals surface area (Å²) in [5.74, 6) is -0.299. The van der Waals surface area contributed by atoms with Crippen LogP contribution in [0.3, 0.4) is 0 Å². The van der Waals surface area contributed by atoms with Crippen LogP contribution in [0.5, 0.6) is 0 Å². The van der Waals surface area contributed by atoms with E-state index in [1.807, 2.05) is 0 Å². The van der Waals surface area contributed by atoms with E-state index in [9.17, 15) is 9.90 Å². The number of nitrogens with zero attached hydrogens (tertiary/aromatic N) is 1. The summed E-state index contributed by atoms with van der Waals surface area (Å²) in [6, 6.07) is 0. The van der Waals surface area contributed by atoms with Crippen molar-refractivity contribution in [1.82, 2.24) is 10.2 Å². The number of aliphatic carboxylic acids is 1. The Bertz CT molecular complexity index is 281. The second-order valence-corrected chi connectivity index (χ2v) is 6.12. The Morgan fingerprint density at radius 1 is 1.56 bits per heavy atom. The monoisotopic (exact) mass is 258 g/mol. The Hall–Kier alpha value is -0.650. The minimum Gasteiger partial charge on any atom is -0.481 e. The summed E-state index contributed by atoms with van der Waals surface area (Å²) < 4.78 is 0. The van der Waals surface area contributed by atoms with Gasteiger partial charge in [0, 0.05) is 19.6 Å². The van der Waals surface area contributed by atoms with E-state index in [1.54, 1.807) is 0 Å². The van der Waals surface area contributed by atoms with Gasteiger partial charge in [0.25, 0.3) is 0 Å². The fraction of sp³-hybridized carbons (Fsp3) is 0.923. The van der Waals surface area contributed by atoms with E-state index in [0.717, 1.165) is 19.6 Å². The summed E-state index contributed by atoms with van der Waals surface area (Å²) in [6.45, 7) is 7.88. The number of carboxylic acids is 1. The molecule has 0 aromatic carbocycles. The highest BCUT2D eigenvalue weighted by atomic mass is 16.4. The molecular formula is C13H26N2O3. The SMILES string of the molecule is CN1CCC(C(C)(C)CNCC(O)CC(=O)O)C1. The Kier molecular flexibility index (Phi) is 5.56. The van der Waals surface area contributed by atoms with Crippen molar-refractivity contribution in [3.8, 4) is 0 Å². The van der Waals surface area contributed by atoms with Gasteiger partial charge in [-0.2, -0.15) is 0 Å². The molecular weight excluding hydrogens is 232 g/mol. The van der Waals surface area contributed by atoms with Crippen LogP contribution in [0.4, 0.5) is 0 Å². The molecule has 0 aromatic rings.